The van der Waals surface area contributed by atoms with Crippen LogP contribution in [0.3, 0.4) is 0 Å². The topological polar surface area (TPSA) is 98.3 Å². The molecule has 160 valence electrons. The summed E-state index contributed by atoms with van der Waals surface area (Å²) < 4.78 is 18.7. The largest absolute Gasteiger partial charge is 0.457 e. The Kier molecular flexibility index (Phi) is 6.18. The molecule has 9 heteroatoms. The van der Waals surface area contributed by atoms with Crippen molar-refractivity contribution < 1.29 is 18.5 Å². The van der Waals surface area contributed by atoms with Crippen LogP contribution in [0.4, 0.5) is 15.2 Å². The Balaban J connectivity index is 1.36. The Hall–Kier alpha value is -4.11. The Bertz CT molecular complexity index is 1290. The minimum absolute atomic E-state index is 0.0300. The number of carbonyl (C=O) groups excluding carboxylic acids is 1. The lowest BCUT2D eigenvalue weighted by atomic mass is 10.1. The van der Waals surface area contributed by atoms with Crippen molar-refractivity contribution in [3.8, 4) is 11.3 Å². The number of nitrogens with one attached hydrogen (secondary N) is 1. The van der Waals surface area contributed by atoms with Gasteiger partial charge in [0.1, 0.15) is 17.3 Å². The van der Waals surface area contributed by atoms with E-state index in [1.165, 1.54) is 47.8 Å². The number of aromatic nitrogens is 1. The highest BCUT2D eigenvalue weighted by molar-refractivity contribution is 7.15. The molecule has 1 N–H and O–H groups in total. The molecule has 0 aliphatic heterocycles. The zero-order valence-corrected chi connectivity index (χ0v) is 17.3. The molecular weight excluding hydrogens is 433 g/mol. The molecule has 0 bridgehead atoms. The highest BCUT2D eigenvalue weighted by Gasteiger charge is 2.10. The number of halogens is 1. The second kappa shape index (κ2) is 9.36. The summed E-state index contributed by atoms with van der Waals surface area (Å²) in [6, 6.07) is 15.7. The molecule has 4 rings (SSSR count). The highest BCUT2D eigenvalue weighted by atomic mass is 32.1. The number of rotatable bonds is 7. The van der Waals surface area contributed by atoms with Crippen molar-refractivity contribution in [3.63, 3.8) is 0 Å². The van der Waals surface area contributed by atoms with Gasteiger partial charge < -0.3 is 4.42 Å². The van der Waals surface area contributed by atoms with E-state index >= 15 is 0 Å². The zero-order chi connectivity index (χ0) is 22.5. The summed E-state index contributed by atoms with van der Waals surface area (Å²) in [5.74, 6) is 0.226. The van der Waals surface area contributed by atoms with Gasteiger partial charge in [-0.3, -0.25) is 20.2 Å². The van der Waals surface area contributed by atoms with Crippen LogP contribution >= 0.6 is 11.3 Å². The fraction of sp³-hybridized carbons (Fsp3) is 0.0435. The average molecular weight is 449 g/mol. The van der Waals surface area contributed by atoms with Gasteiger partial charge in [-0.25, -0.2) is 9.37 Å². The van der Waals surface area contributed by atoms with Crippen LogP contribution in [0.2, 0.25) is 0 Å². The molecule has 7 nitrogen and oxygen atoms in total. The van der Waals surface area contributed by atoms with Crippen LogP contribution in [0.1, 0.15) is 16.2 Å². The summed E-state index contributed by atoms with van der Waals surface area (Å²) in [4.78, 5) is 27.8. The van der Waals surface area contributed by atoms with Crippen molar-refractivity contribution in [1.82, 2.24) is 4.98 Å². The predicted octanol–water partition coefficient (Wildman–Crippen LogP) is 5.69. The van der Waals surface area contributed by atoms with Gasteiger partial charge in [-0.05, 0) is 35.9 Å². The number of furan rings is 1. The summed E-state index contributed by atoms with van der Waals surface area (Å²) in [5, 5.41) is 14.1. The number of hydrogen-bond acceptors (Lipinski definition) is 6. The Morgan fingerprint density at radius 1 is 1.19 bits per heavy atom. The lowest BCUT2D eigenvalue weighted by molar-refractivity contribution is -0.384. The first-order valence-electron chi connectivity index (χ1n) is 9.49. The maximum atomic E-state index is 13.0. The standard InChI is InChI=1S/C23H16FN3O4S/c24-17-6-4-15(5-7-17)12-20-14-25-23(32-20)26-22(28)11-9-19-8-10-21(31-19)16-2-1-3-18(13-16)27(29)30/h1-11,13-14H,12H2,(H,25,26,28). The molecule has 32 heavy (non-hydrogen) atoms. The molecule has 0 aliphatic carbocycles. The molecule has 0 unspecified atom stereocenters. The molecule has 0 radical (unpaired) electrons. The van der Waals surface area contributed by atoms with E-state index in [0.29, 0.717) is 28.6 Å². The van der Waals surface area contributed by atoms with Crippen LogP contribution in [-0.2, 0) is 11.2 Å². The second-order valence-corrected chi connectivity index (χ2v) is 7.88. The number of nitrogens with zero attached hydrogens (tertiary/aromatic N) is 2. The Morgan fingerprint density at radius 3 is 2.78 bits per heavy atom. The van der Waals surface area contributed by atoms with Gasteiger partial charge in [-0.15, -0.1) is 11.3 Å². The zero-order valence-electron chi connectivity index (χ0n) is 16.5. The van der Waals surface area contributed by atoms with Crippen LogP contribution in [0.5, 0.6) is 0 Å². The number of thiazole rings is 1. The molecule has 2 aromatic carbocycles. The molecule has 0 atom stereocenters. The van der Waals surface area contributed by atoms with E-state index < -0.39 is 4.92 Å². The number of anilines is 1. The van der Waals surface area contributed by atoms with Crippen LogP contribution in [0.15, 0.2) is 77.4 Å². The maximum Gasteiger partial charge on any atom is 0.270 e. The number of nitro groups is 1. The monoisotopic (exact) mass is 449 g/mol. The molecule has 0 aliphatic rings. The fourth-order valence-corrected chi connectivity index (χ4v) is 3.78. The van der Waals surface area contributed by atoms with Crippen LogP contribution in [0.25, 0.3) is 17.4 Å². The van der Waals surface area contributed by atoms with Crippen molar-refractivity contribution in [2.24, 2.45) is 0 Å². The third kappa shape index (κ3) is 5.32. The first-order valence-corrected chi connectivity index (χ1v) is 10.3. The summed E-state index contributed by atoms with van der Waals surface area (Å²) in [6.07, 6.45) is 5.09. The van der Waals surface area contributed by atoms with Gasteiger partial charge in [-0.2, -0.15) is 0 Å². The van der Waals surface area contributed by atoms with Gasteiger partial charge in [0.05, 0.1) is 4.92 Å². The van der Waals surface area contributed by atoms with E-state index in [9.17, 15) is 19.3 Å². The van der Waals surface area contributed by atoms with Crippen LogP contribution < -0.4 is 5.32 Å². The summed E-state index contributed by atoms with van der Waals surface area (Å²) >= 11 is 1.34. The van der Waals surface area contributed by atoms with E-state index in [-0.39, 0.29) is 17.4 Å². The van der Waals surface area contributed by atoms with Gasteiger partial charge in [-0.1, -0.05) is 24.3 Å². The predicted molar refractivity (Wildman–Crippen MR) is 120 cm³/mol. The minimum Gasteiger partial charge on any atom is -0.457 e. The van der Waals surface area contributed by atoms with E-state index in [4.69, 9.17) is 4.42 Å². The van der Waals surface area contributed by atoms with Gasteiger partial charge in [0, 0.05) is 41.3 Å². The van der Waals surface area contributed by atoms with Crippen molar-refractivity contribution in [2.45, 2.75) is 6.42 Å². The third-order valence-corrected chi connectivity index (χ3v) is 5.36. The first-order chi connectivity index (χ1) is 15.5. The summed E-state index contributed by atoms with van der Waals surface area (Å²) in [6.45, 7) is 0. The molecule has 1 amide bonds. The summed E-state index contributed by atoms with van der Waals surface area (Å²) in [7, 11) is 0. The van der Waals surface area contributed by atoms with Crippen molar-refractivity contribution in [2.75, 3.05) is 5.32 Å². The Morgan fingerprint density at radius 2 is 2.00 bits per heavy atom. The molecule has 0 spiro atoms. The second-order valence-electron chi connectivity index (χ2n) is 6.77. The number of benzene rings is 2. The molecule has 0 saturated heterocycles. The number of amides is 1. The smallest absolute Gasteiger partial charge is 0.270 e. The van der Waals surface area contributed by atoms with Gasteiger partial charge in [0.2, 0.25) is 5.91 Å². The average Bonchev–Trinajstić information content (AvgIpc) is 3.44. The molecule has 2 aromatic heterocycles. The molecule has 0 saturated carbocycles. The normalized spacial score (nSPS) is 11.0. The molecule has 2 heterocycles. The van der Waals surface area contributed by atoms with Crippen LogP contribution in [0, 0.1) is 15.9 Å². The third-order valence-electron chi connectivity index (χ3n) is 4.44. The van der Waals surface area contributed by atoms with E-state index in [2.05, 4.69) is 10.3 Å². The lowest BCUT2D eigenvalue weighted by Gasteiger charge is -1.98. The van der Waals surface area contributed by atoms with Gasteiger partial charge >= 0.3 is 0 Å². The van der Waals surface area contributed by atoms with E-state index in [1.807, 2.05) is 0 Å². The van der Waals surface area contributed by atoms with E-state index in [1.54, 1.807) is 42.6 Å². The van der Waals surface area contributed by atoms with Crippen LogP contribution in [-0.4, -0.2) is 15.8 Å². The quantitative estimate of drug-likeness (QED) is 0.222. The first kappa shape index (κ1) is 21.1. The molecule has 0 fully saturated rings. The van der Waals surface area contributed by atoms with Crippen molar-refractivity contribution >= 4 is 34.1 Å². The lowest BCUT2D eigenvalue weighted by Crippen LogP contribution is -2.06. The van der Waals surface area contributed by atoms with Gasteiger partial charge in [0.15, 0.2) is 5.13 Å². The van der Waals surface area contributed by atoms with Gasteiger partial charge in [0.25, 0.3) is 5.69 Å². The molecular formula is C23H16FN3O4S. The maximum absolute atomic E-state index is 13.0. The summed E-state index contributed by atoms with van der Waals surface area (Å²) in [5.41, 5.74) is 1.49. The Labute approximate surface area is 186 Å². The molecule has 4 aromatic rings. The SMILES string of the molecule is O=C(C=Cc1ccc(-c2cccc([N+](=O)[O-])c2)o1)Nc1ncc(Cc2ccc(F)cc2)s1. The van der Waals surface area contributed by atoms with Crippen molar-refractivity contribution in [3.05, 3.63) is 105 Å². The number of non-ortho nitro benzene ring substituents is 1. The minimum atomic E-state index is -0.471. The number of nitro benzene ring substituents is 1. The highest BCUT2D eigenvalue weighted by Crippen LogP contribution is 2.26. The van der Waals surface area contributed by atoms with E-state index in [0.717, 1.165) is 10.4 Å². The number of carbonyl (C=O) groups is 1. The van der Waals surface area contributed by atoms with Crippen molar-refractivity contribution in [1.29, 1.82) is 0 Å². The fourth-order valence-electron chi connectivity index (χ4n) is 2.93. The number of hydrogen-bond donors (Lipinski definition) is 1.